The smallest absolute Gasteiger partial charge is 0.222 e. The highest BCUT2D eigenvalue weighted by Gasteiger charge is 2.40. The topological polar surface area (TPSA) is 40.6 Å². The van der Waals surface area contributed by atoms with Crippen molar-refractivity contribution in [2.24, 2.45) is 5.41 Å². The maximum atomic E-state index is 12.2. The molecule has 0 radical (unpaired) electrons. The zero-order chi connectivity index (χ0) is 17.7. The number of likely N-dealkylation sites (tertiary alicyclic amines) is 2. The lowest BCUT2D eigenvalue weighted by Gasteiger charge is -2.48. The summed E-state index contributed by atoms with van der Waals surface area (Å²) < 4.78 is 0. The van der Waals surface area contributed by atoms with Crippen LogP contribution in [0.3, 0.4) is 0 Å². The molecule has 1 aromatic rings. The molecule has 0 N–H and O–H groups in total. The quantitative estimate of drug-likeness (QED) is 0.744. The molecule has 3 rings (SSSR count). The van der Waals surface area contributed by atoms with E-state index in [0.717, 1.165) is 51.1 Å². The number of carbonyl (C=O) groups is 2. The van der Waals surface area contributed by atoms with E-state index in [1.165, 1.54) is 12.8 Å². The van der Waals surface area contributed by atoms with Crippen molar-refractivity contribution in [1.82, 2.24) is 9.80 Å². The van der Waals surface area contributed by atoms with Gasteiger partial charge < -0.3 is 9.80 Å². The molecule has 25 heavy (non-hydrogen) atoms. The van der Waals surface area contributed by atoms with Crippen LogP contribution in [0.15, 0.2) is 30.3 Å². The number of hydrogen-bond donors (Lipinski definition) is 0. The van der Waals surface area contributed by atoms with Crippen molar-refractivity contribution in [3.8, 4) is 0 Å². The van der Waals surface area contributed by atoms with Gasteiger partial charge in [-0.05, 0) is 45.7 Å². The predicted molar refractivity (Wildman–Crippen MR) is 99.6 cm³/mol. The van der Waals surface area contributed by atoms with Crippen molar-refractivity contribution < 1.29 is 9.59 Å². The van der Waals surface area contributed by atoms with Gasteiger partial charge in [-0.25, -0.2) is 0 Å². The molecule has 4 nitrogen and oxygen atoms in total. The molecular formula is C21H30N2O2. The molecule has 1 amide bonds. The van der Waals surface area contributed by atoms with Crippen LogP contribution in [0, 0.1) is 5.41 Å². The van der Waals surface area contributed by atoms with Gasteiger partial charge in [0.1, 0.15) is 0 Å². The number of nitrogens with zero attached hydrogens (tertiary/aromatic N) is 2. The number of hydrogen-bond acceptors (Lipinski definition) is 3. The van der Waals surface area contributed by atoms with E-state index >= 15 is 0 Å². The fraction of sp³-hybridized carbons (Fsp3) is 0.619. The summed E-state index contributed by atoms with van der Waals surface area (Å²) in [6.07, 6.45) is 5.71. The Balaban J connectivity index is 1.49. The summed E-state index contributed by atoms with van der Waals surface area (Å²) in [5, 5.41) is 0. The van der Waals surface area contributed by atoms with Crippen molar-refractivity contribution in [2.75, 3.05) is 32.7 Å². The molecule has 2 fully saturated rings. The monoisotopic (exact) mass is 342 g/mol. The summed E-state index contributed by atoms with van der Waals surface area (Å²) in [5.74, 6) is 0.562. The van der Waals surface area contributed by atoms with Gasteiger partial charge in [-0.3, -0.25) is 9.59 Å². The van der Waals surface area contributed by atoms with E-state index in [-0.39, 0.29) is 11.2 Å². The zero-order valence-electron chi connectivity index (χ0n) is 15.4. The highest BCUT2D eigenvalue weighted by Crippen LogP contribution is 2.38. The van der Waals surface area contributed by atoms with Crippen molar-refractivity contribution in [3.05, 3.63) is 35.9 Å². The largest absolute Gasteiger partial charge is 0.342 e. The molecule has 1 aromatic carbocycles. The Hall–Kier alpha value is -1.68. The Morgan fingerprint density at radius 2 is 1.96 bits per heavy atom. The lowest BCUT2D eigenvalue weighted by Crippen LogP contribution is -2.54. The minimum atomic E-state index is 0.243. The van der Waals surface area contributed by atoms with Crippen LogP contribution in [0.4, 0.5) is 0 Å². The molecule has 0 bridgehead atoms. The van der Waals surface area contributed by atoms with Gasteiger partial charge in [-0.15, -0.1) is 0 Å². The lowest BCUT2D eigenvalue weighted by molar-refractivity contribution is -0.139. The van der Waals surface area contributed by atoms with E-state index in [2.05, 4.69) is 11.8 Å². The van der Waals surface area contributed by atoms with Crippen LogP contribution in [0.5, 0.6) is 0 Å². The number of benzene rings is 1. The number of ketones is 1. The van der Waals surface area contributed by atoms with Crippen molar-refractivity contribution in [2.45, 2.75) is 45.4 Å². The third kappa shape index (κ3) is 4.49. The second kappa shape index (κ2) is 8.13. The average Bonchev–Trinajstić information content (AvgIpc) is 2.65. The van der Waals surface area contributed by atoms with Crippen molar-refractivity contribution in [1.29, 1.82) is 0 Å². The van der Waals surface area contributed by atoms with E-state index in [9.17, 15) is 9.59 Å². The van der Waals surface area contributed by atoms with Gasteiger partial charge in [0.05, 0.1) is 0 Å². The Bertz CT molecular complexity index is 601. The van der Waals surface area contributed by atoms with Gasteiger partial charge in [0.15, 0.2) is 5.78 Å². The minimum Gasteiger partial charge on any atom is -0.342 e. The first-order valence-electron chi connectivity index (χ1n) is 9.70. The SMILES string of the molecule is CCN1C[C@]2(CCCN(CCCC(=O)c3ccccc3)C2)CCC1=O. The fourth-order valence-corrected chi connectivity index (χ4v) is 4.46. The van der Waals surface area contributed by atoms with Gasteiger partial charge in [0, 0.05) is 43.5 Å². The van der Waals surface area contributed by atoms with Crippen molar-refractivity contribution >= 4 is 11.7 Å². The molecular weight excluding hydrogens is 312 g/mol. The molecule has 1 spiro atoms. The summed E-state index contributed by atoms with van der Waals surface area (Å²) in [4.78, 5) is 28.8. The Morgan fingerprint density at radius 1 is 1.16 bits per heavy atom. The van der Waals surface area contributed by atoms with Crippen LogP contribution < -0.4 is 0 Å². The van der Waals surface area contributed by atoms with E-state index in [1.807, 2.05) is 35.2 Å². The van der Waals surface area contributed by atoms with E-state index in [1.54, 1.807) is 0 Å². The molecule has 0 aromatic heterocycles. The van der Waals surface area contributed by atoms with Crippen LogP contribution in [-0.4, -0.2) is 54.2 Å². The second-order valence-corrected chi connectivity index (χ2v) is 7.68. The van der Waals surface area contributed by atoms with Gasteiger partial charge in [-0.1, -0.05) is 30.3 Å². The van der Waals surface area contributed by atoms with Crippen molar-refractivity contribution in [3.63, 3.8) is 0 Å². The molecule has 2 heterocycles. The second-order valence-electron chi connectivity index (χ2n) is 7.68. The first-order chi connectivity index (χ1) is 12.1. The first-order valence-corrected chi connectivity index (χ1v) is 9.70. The third-order valence-corrected chi connectivity index (χ3v) is 5.84. The van der Waals surface area contributed by atoms with Gasteiger partial charge in [-0.2, -0.15) is 0 Å². The van der Waals surface area contributed by atoms with Crippen LogP contribution in [0.25, 0.3) is 0 Å². The van der Waals surface area contributed by atoms with Gasteiger partial charge in [0.2, 0.25) is 5.91 Å². The molecule has 2 aliphatic heterocycles. The lowest BCUT2D eigenvalue weighted by atomic mass is 9.73. The zero-order valence-corrected chi connectivity index (χ0v) is 15.4. The summed E-state index contributed by atoms with van der Waals surface area (Å²) in [7, 11) is 0. The molecule has 2 saturated heterocycles. The van der Waals surface area contributed by atoms with E-state index < -0.39 is 0 Å². The molecule has 0 unspecified atom stereocenters. The molecule has 1 atom stereocenters. The van der Waals surface area contributed by atoms with Crippen LogP contribution in [0.1, 0.15) is 55.8 Å². The third-order valence-electron chi connectivity index (χ3n) is 5.84. The molecule has 0 saturated carbocycles. The number of rotatable bonds is 6. The Morgan fingerprint density at radius 3 is 2.72 bits per heavy atom. The first kappa shape index (κ1) is 18.1. The Labute approximate surface area is 151 Å². The van der Waals surface area contributed by atoms with Crippen LogP contribution in [0.2, 0.25) is 0 Å². The fourth-order valence-electron chi connectivity index (χ4n) is 4.46. The normalized spacial score (nSPS) is 24.7. The molecule has 4 heteroatoms. The summed E-state index contributed by atoms with van der Waals surface area (Å²) in [6, 6.07) is 9.59. The van der Waals surface area contributed by atoms with Crippen LogP contribution >= 0.6 is 0 Å². The summed E-state index contributed by atoms with van der Waals surface area (Å²) >= 11 is 0. The number of piperidine rings is 2. The van der Waals surface area contributed by atoms with Gasteiger partial charge >= 0.3 is 0 Å². The summed E-state index contributed by atoms with van der Waals surface area (Å²) in [6.45, 7) is 7.01. The minimum absolute atomic E-state index is 0.243. The number of carbonyl (C=O) groups excluding carboxylic acids is 2. The maximum absolute atomic E-state index is 12.2. The highest BCUT2D eigenvalue weighted by molar-refractivity contribution is 5.95. The molecule has 0 aliphatic carbocycles. The summed E-state index contributed by atoms with van der Waals surface area (Å²) in [5.41, 5.74) is 1.10. The predicted octanol–water partition coefficient (Wildman–Crippen LogP) is 3.37. The van der Waals surface area contributed by atoms with E-state index in [0.29, 0.717) is 18.7 Å². The highest BCUT2D eigenvalue weighted by atomic mass is 16.2. The number of amides is 1. The van der Waals surface area contributed by atoms with Crippen LogP contribution in [-0.2, 0) is 4.79 Å². The van der Waals surface area contributed by atoms with E-state index in [4.69, 9.17) is 0 Å². The molecule has 136 valence electrons. The Kier molecular flexibility index (Phi) is 5.89. The van der Waals surface area contributed by atoms with Gasteiger partial charge in [0.25, 0.3) is 0 Å². The molecule has 2 aliphatic rings. The standard InChI is InChI=1S/C21H30N2O2/c1-2-23-17-21(13-11-20(23)25)12-7-15-22(16-21)14-6-10-19(24)18-8-4-3-5-9-18/h3-5,8-9H,2,6-7,10-17H2,1H3/t21-/m1/s1. The number of Topliss-reactive ketones (excluding diaryl/α,β-unsaturated/α-hetero) is 1. The maximum Gasteiger partial charge on any atom is 0.222 e. The average molecular weight is 342 g/mol.